The predicted octanol–water partition coefficient (Wildman–Crippen LogP) is 2.23. The van der Waals surface area contributed by atoms with Gasteiger partial charge in [0, 0.05) is 38.2 Å². The first kappa shape index (κ1) is 20.0. The van der Waals surface area contributed by atoms with Crippen molar-refractivity contribution in [3.8, 4) is 0 Å². The molecule has 2 unspecified atom stereocenters. The lowest BCUT2D eigenvalue weighted by Crippen LogP contribution is -2.69. The third kappa shape index (κ3) is 3.70. The molecule has 130 valence electrons. The second-order valence-corrected chi connectivity index (χ2v) is 7.07. The largest absolute Gasteiger partial charge is 0.393 e. The van der Waals surface area contributed by atoms with E-state index >= 15 is 0 Å². The van der Waals surface area contributed by atoms with Crippen LogP contribution in [0.1, 0.15) is 47.0 Å². The van der Waals surface area contributed by atoms with Crippen LogP contribution >= 0.6 is 24.0 Å². The van der Waals surface area contributed by atoms with Gasteiger partial charge in [0.1, 0.15) is 0 Å². The molecule has 22 heavy (non-hydrogen) atoms. The van der Waals surface area contributed by atoms with Gasteiger partial charge in [0.2, 0.25) is 0 Å². The first-order valence-electron chi connectivity index (χ1n) is 8.13. The molecule has 1 aliphatic heterocycles. The number of aliphatic hydroxyl groups is 1. The summed E-state index contributed by atoms with van der Waals surface area (Å²) in [5, 5.41) is 13.3. The van der Waals surface area contributed by atoms with E-state index in [0.29, 0.717) is 6.04 Å². The molecule has 2 N–H and O–H groups in total. The Morgan fingerprint density at radius 3 is 2.36 bits per heavy atom. The molecule has 0 aromatic carbocycles. The van der Waals surface area contributed by atoms with Gasteiger partial charge in [0.15, 0.2) is 5.96 Å². The fourth-order valence-electron chi connectivity index (χ4n) is 3.34. The quantitative estimate of drug-likeness (QED) is 0.414. The molecule has 0 bridgehead atoms. The van der Waals surface area contributed by atoms with Crippen LogP contribution in [0.25, 0.3) is 0 Å². The minimum Gasteiger partial charge on any atom is -0.393 e. The van der Waals surface area contributed by atoms with Gasteiger partial charge >= 0.3 is 0 Å². The molecule has 5 nitrogen and oxygen atoms in total. The molecule has 6 heteroatoms. The summed E-state index contributed by atoms with van der Waals surface area (Å²) in [4.78, 5) is 6.92. The van der Waals surface area contributed by atoms with Crippen LogP contribution < -0.4 is 5.32 Å². The fourth-order valence-corrected chi connectivity index (χ4v) is 3.34. The minimum absolute atomic E-state index is 0. The molecular formula is C16H32IN3O2. The second-order valence-electron chi connectivity index (χ2n) is 7.07. The normalized spacial score (nSPS) is 32.2. The molecule has 0 amide bonds. The van der Waals surface area contributed by atoms with Crippen LogP contribution in [0.5, 0.6) is 0 Å². The number of nitrogens with one attached hydrogen (secondary N) is 1. The lowest BCUT2D eigenvalue weighted by molar-refractivity contribution is -0.177. The van der Waals surface area contributed by atoms with Gasteiger partial charge in [-0.05, 0) is 33.1 Å². The third-order valence-corrected chi connectivity index (χ3v) is 5.65. The van der Waals surface area contributed by atoms with E-state index in [-0.39, 0.29) is 41.1 Å². The van der Waals surface area contributed by atoms with Gasteiger partial charge in [-0.3, -0.25) is 4.99 Å². The Kier molecular flexibility index (Phi) is 6.95. The number of hydrogen-bond acceptors (Lipinski definition) is 3. The van der Waals surface area contributed by atoms with Gasteiger partial charge in [-0.25, -0.2) is 0 Å². The number of ether oxygens (including phenoxy) is 1. The molecule has 2 atom stereocenters. The Morgan fingerprint density at radius 2 is 1.91 bits per heavy atom. The number of piperidine rings is 1. The highest BCUT2D eigenvalue weighted by atomic mass is 127. The zero-order valence-corrected chi connectivity index (χ0v) is 16.9. The van der Waals surface area contributed by atoms with E-state index in [0.717, 1.165) is 44.9 Å². The molecule has 1 aliphatic carbocycles. The molecule has 2 rings (SSSR count). The second kappa shape index (κ2) is 7.66. The first-order chi connectivity index (χ1) is 9.84. The SMILES string of the molecule is CCN=C(NC1CC(C)(OC)C1(C)C)N1CCC(O)CC1.I. The van der Waals surface area contributed by atoms with E-state index in [1.165, 1.54) is 0 Å². The minimum atomic E-state index is -0.152. The van der Waals surface area contributed by atoms with Crippen LogP contribution in [0.4, 0.5) is 0 Å². The van der Waals surface area contributed by atoms with Gasteiger partial charge in [-0.1, -0.05) is 13.8 Å². The van der Waals surface area contributed by atoms with Crippen LogP contribution in [0, 0.1) is 5.41 Å². The molecule has 2 aliphatic rings. The molecule has 0 aromatic rings. The average molecular weight is 425 g/mol. The van der Waals surface area contributed by atoms with E-state index in [4.69, 9.17) is 4.74 Å². The van der Waals surface area contributed by atoms with Crippen LogP contribution in [-0.2, 0) is 4.74 Å². The van der Waals surface area contributed by atoms with Crippen molar-refractivity contribution in [1.82, 2.24) is 10.2 Å². The first-order valence-corrected chi connectivity index (χ1v) is 8.13. The molecule has 1 saturated carbocycles. The van der Waals surface area contributed by atoms with Crippen molar-refractivity contribution in [2.75, 3.05) is 26.7 Å². The van der Waals surface area contributed by atoms with Crippen LogP contribution in [0.15, 0.2) is 4.99 Å². The standard InChI is InChI=1S/C16H31N3O2.HI/c1-6-17-14(19-9-7-12(20)8-10-19)18-13-11-16(4,21-5)15(13,2)3;/h12-13,20H,6-11H2,1-5H3,(H,17,18);1H. The van der Waals surface area contributed by atoms with Crippen LogP contribution in [0.2, 0.25) is 0 Å². The molecule has 0 radical (unpaired) electrons. The van der Waals surface area contributed by atoms with Gasteiger partial charge in [0.05, 0.1) is 11.7 Å². The number of aliphatic imine (C=N–C) groups is 1. The van der Waals surface area contributed by atoms with Gasteiger partial charge in [-0.2, -0.15) is 0 Å². The van der Waals surface area contributed by atoms with Crippen molar-refractivity contribution in [2.45, 2.75) is 64.7 Å². The van der Waals surface area contributed by atoms with Gasteiger partial charge < -0.3 is 20.1 Å². The van der Waals surface area contributed by atoms with Crippen molar-refractivity contribution >= 4 is 29.9 Å². The maximum Gasteiger partial charge on any atom is 0.194 e. The zero-order chi connectivity index (χ0) is 15.7. The van der Waals surface area contributed by atoms with E-state index in [9.17, 15) is 5.11 Å². The Labute approximate surface area is 151 Å². The Balaban J connectivity index is 0.00000242. The highest BCUT2D eigenvalue weighted by Crippen LogP contribution is 2.51. The summed E-state index contributed by atoms with van der Waals surface area (Å²) < 4.78 is 5.69. The van der Waals surface area contributed by atoms with Gasteiger partial charge in [0.25, 0.3) is 0 Å². The summed E-state index contributed by atoms with van der Waals surface area (Å²) in [6.07, 6.45) is 2.50. The molecule has 0 aromatic heterocycles. The summed E-state index contributed by atoms with van der Waals surface area (Å²) in [6.45, 7) is 11.3. The lowest BCUT2D eigenvalue weighted by atomic mass is 9.56. The number of likely N-dealkylation sites (tertiary alicyclic amines) is 1. The zero-order valence-electron chi connectivity index (χ0n) is 14.6. The Morgan fingerprint density at radius 1 is 1.32 bits per heavy atom. The molecular weight excluding hydrogens is 393 g/mol. The molecule has 2 fully saturated rings. The fraction of sp³-hybridized carbons (Fsp3) is 0.938. The summed E-state index contributed by atoms with van der Waals surface area (Å²) in [7, 11) is 1.80. The number of halogens is 1. The topological polar surface area (TPSA) is 57.1 Å². The van der Waals surface area contributed by atoms with Crippen molar-refractivity contribution in [1.29, 1.82) is 0 Å². The van der Waals surface area contributed by atoms with E-state index in [1.54, 1.807) is 7.11 Å². The van der Waals surface area contributed by atoms with Crippen molar-refractivity contribution < 1.29 is 9.84 Å². The van der Waals surface area contributed by atoms with E-state index < -0.39 is 0 Å². The van der Waals surface area contributed by atoms with E-state index in [1.807, 2.05) is 0 Å². The third-order valence-electron chi connectivity index (χ3n) is 5.65. The van der Waals surface area contributed by atoms with Crippen molar-refractivity contribution in [3.05, 3.63) is 0 Å². The number of rotatable bonds is 3. The average Bonchev–Trinajstić information content (AvgIpc) is 2.46. The Hall–Kier alpha value is -0.0800. The molecule has 1 saturated heterocycles. The number of nitrogens with zero attached hydrogens (tertiary/aromatic N) is 2. The number of aliphatic hydroxyl groups excluding tert-OH is 1. The lowest BCUT2D eigenvalue weighted by Gasteiger charge is -2.59. The maximum absolute atomic E-state index is 9.66. The maximum atomic E-state index is 9.66. The summed E-state index contributed by atoms with van der Waals surface area (Å²) in [6, 6.07) is 0.375. The monoisotopic (exact) mass is 425 g/mol. The number of guanidine groups is 1. The van der Waals surface area contributed by atoms with Crippen LogP contribution in [0.3, 0.4) is 0 Å². The van der Waals surface area contributed by atoms with Crippen molar-refractivity contribution in [3.63, 3.8) is 0 Å². The van der Waals surface area contributed by atoms with Gasteiger partial charge in [-0.15, -0.1) is 24.0 Å². The molecule has 1 heterocycles. The highest BCUT2D eigenvalue weighted by Gasteiger charge is 2.58. The summed E-state index contributed by atoms with van der Waals surface area (Å²) >= 11 is 0. The Bertz CT molecular complexity index is 395. The van der Waals surface area contributed by atoms with E-state index in [2.05, 4.69) is 42.9 Å². The smallest absolute Gasteiger partial charge is 0.194 e. The van der Waals surface area contributed by atoms with Crippen LogP contribution in [-0.4, -0.2) is 60.5 Å². The van der Waals surface area contributed by atoms with Crippen molar-refractivity contribution in [2.24, 2.45) is 10.4 Å². The number of methoxy groups -OCH3 is 1. The number of hydrogen-bond donors (Lipinski definition) is 2. The summed E-state index contributed by atoms with van der Waals surface area (Å²) in [5.41, 5.74) is 0.00560. The molecule has 0 spiro atoms. The summed E-state index contributed by atoms with van der Waals surface area (Å²) in [5.74, 6) is 0.987. The predicted molar refractivity (Wildman–Crippen MR) is 101 cm³/mol. The highest BCUT2D eigenvalue weighted by molar-refractivity contribution is 14.0.